The van der Waals surface area contributed by atoms with Gasteiger partial charge in [0.05, 0.1) is 23.3 Å². The Morgan fingerprint density at radius 3 is 2.50 bits per heavy atom. The monoisotopic (exact) mass is 377 g/mol. The number of ether oxygens (including phenoxy) is 1. The number of hydrogen-bond acceptors (Lipinski definition) is 5. The van der Waals surface area contributed by atoms with Crippen LogP contribution in [0.2, 0.25) is 0 Å². The highest BCUT2D eigenvalue weighted by Gasteiger charge is 2.31. The van der Waals surface area contributed by atoms with Gasteiger partial charge in [-0.05, 0) is 67.8 Å². The van der Waals surface area contributed by atoms with E-state index in [2.05, 4.69) is 18.3 Å². The van der Waals surface area contributed by atoms with Crippen LogP contribution in [0.15, 0.2) is 42.5 Å². The molecule has 0 aliphatic carbocycles. The first kappa shape index (κ1) is 21.0. The number of nitriles is 2. The van der Waals surface area contributed by atoms with Crippen LogP contribution < -0.4 is 10.1 Å². The molecule has 1 amide bonds. The van der Waals surface area contributed by atoms with Crippen molar-refractivity contribution in [2.75, 3.05) is 11.9 Å². The fourth-order valence-corrected chi connectivity index (χ4v) is 2.54. The molecule has 0 spiro atoms. The number of carbonyl (C=O) groups excluding carboxylic acids is 1. The molecule has 0 aliphatic heterocycles. The second kappa shape index (κ2) is 9.55. The Bertz CT molecular complexity index is 906. The van der Waals surface area contributed by atoms with E-state index < -0.39 is 11.5 Å². The topological polar surface area (TPSA) is 106 Å². The standard InChI is InChI=1S/C22H23N3O3/c1-3-4-5-17-12-19(9-8-18(17)14-24)25-21(26)22(2,27)15-28-20-10-6-16(13-23)7-11-20/h6-12,27H,3-5,15H2,1-2H3,(H,25,26)/t22-/m0/s1. The molecule has 1 atom stereocenters. The number of unbranched alkanes of at least 4 members (excludes halogenated alkanes) is 1. The Morgan fingerprint density at radius 1 is 1.18 bits per heavy atom. The fraction of sp³-hybridized carbons (Fsp3) is 0.318. The third-order valence-corrected chi connectivity index (χ3v) is 4.28. The number of anilines is 1. The van der Waals surface area contributed by atoms with Gasteiger partial charge in [-0.3, -0.25) is 4.79 Å². The first-order valence-corrected chi connectivity index (χ1v) is 9.09. The minimum Gasteiger partial charge on any atom is -0.490 e. The molecule has 6 heteroatoms. The number of aliphatic hydroxyl groups is 1. The van der Waals surface area contributed by atoms with Crippen molar-refractivity contribution in [1.29, 1.82) is 10.5 Å². The molecule has 0 unspecified atom stereocenters. The van der Waals surface area contributed by atoms with Gasteiger partial charge in [-0.15, -0.1) is 0 Å². The summed E-state index contributed by atoms with van der Waals surface area (Å²) in [5.74, 6) is -0.153. The van der Waals surface area contributed by atoms with Gasteiger partial charge in [0.25, 0.3) is 5.91 Å². The van der Waals surface area contributed by atoms with Crippen molar-refractivity contribution in [1.82, 2.24) is 0 Å². The normalized spacial score (nSPS) is 12.3. The second-order valence-electron chi connectivity index (χ2n) is 6.74. The largest absolute Gasteiger partial charge is 0.490 e. The average molecular weight is 377 g/mol. The molecule has 0 heterocycles. The highest BCUT2D eigenvalue weighted by atomic mass is 16.5. The van der Waals surface area contributed by atoms with Crippen LogP contribution in [0.1, 0.15) is 43.4 Å². The Balaban J connectivity index is 2.03. The van der Waals surface area contributed by atoms with Gasteiger partial charge in [-0.1, -0.05) is 13.3 Å². The molecule has 0 saturated carbocycles. The number of carbonyl (C=O) groups is 1. The summed E-state index contributed by atoms with van der Waals surface area (Å²) in [6.07, 6.45) is 2.70. The molecule has 0 aromatic heterocycles. The van der Waals surface area contributed by atoms with E-state index in [1.165, 1.54) is 6.92 Å². The van der Waals surface area contributed by atoms with Crippen LogP contribution >= 0.6 is 0 Å². The lowest BCUT2D eigenvalue weighted by Crippen LogP contribution is -2.45. The van der Waals surface area contributed by atoms with Crippen molar-refractivity contribution in [2.45, 2.75) is 38.7 Å². The van der Waals surface area contributed by atoms with Crippen molar-refractivity contribution < 1.29 is 14.6 Å². The fourth-order valence-electron chi connectivity index (χ4n) is 2.54. The molecule has 2 aromatic carbocycles. The van der Waals surface area contributed by atoms with Gasteiger partial charge in [0, 0.05) is 5.69 Å². The van der Waals surface area contributed by atoms with Crippen LogP contribution in [0.4, 0.5) is 5.69 Å². The highest BCUT2D eigenvalue weighted by molar-refractivity contribution is 5.97. The lowest BCUT2D eigenvalue weighted by Gasteiger charge is -2.23. The summed E-state index contributed by atoms with van der Waals surface area (Å²) in [6, 6.07) is 15.6. The maximum Gasteiger partial charge on any atom is 0.259 e. The first-order chi connectivity index (χ1) is 13.4. The Labute approximate surface area is 165 Å². The smallest absolute Gasteiger partial charge is 0.259 e. The maximum atomic E-state index is 12.5. The molecule has 6 nitrogen and oxygen atoms in total. The molecule has 28 heavy (non-hydrogen) atoms. The zero-order valence-corrected chi connectivity index (χ0v) is 16.0. The van der Waals surface area contributed by atoms with Crippen LogP contribution in [-0.4, -0.2) is 23.2 Å². The van der Waals surface area contributed by atoms with Crippen LogP contribution in [-0.2, 0) is 11.2 Å². The van der Waals surface area contributed by atoms with Gasteiger partial charge < -0.3 is 15.2 Å². The molecule has 144 valence electrons. The summed E-state index contributed by atoms with van der Waals surface area (Å²) >= 11 is 0. The number of rotatable bonds is 8. The van der Waals surface area contributed by atoms with E-state index in [0.29, 0.717) is 22.6 Å². The third-order valence-electron chi connectivity index (χ3n) is 4.28. The molecule has 2 rings (SSSR count). The summed E-state index contributed by atoms with van der Waals surface area (Å²) in [4.78, 5) is 12.5. The second-order valence-corrected chi connectivity index (χ2v) is 6.74. The number of nitrogens with one attached hydrogen (secondary N) is 1. The van der Waals surface area contributed by atoms with Gasteiger partial charge in [-0.25, -0.2) is 0 Å². The summed E-state index contributed by atoms with van der Waals surface area (Å²) in [5.41, 5.74) is 0.717. The Hall–Kier alpha value is -3.35. The van der Waals surface area contributed by atoms with E-state index in [1.54, 1.807) is 42.5 Å². The molecule has 2 aromatic rings. The van der Waals surface area contributed by atoms with Crippen LogP contribution in [0.5, 0.6) is 5.75 Å². The van der Waals surface area contributed by atoms with Crippen molar-refractivity contribution >= 4 is 11.6 Å². The lowest BCUT2D eigenvalue weighted by atomic mass is 10.0. The molecular formula is C22H23N3O3. The minimum atomic E-state index is -1.76. The van der Waals surface area contributed by atoms with Crippen molar-refractivity contribution in [3.8, 4) is 17.9 Å². The van der Waals surface area contributed by atoms with E-state index in [1.807, 2.05) is 6.07 Å². The van der Waals surface area contributed by atoms with Crippen LogP contribution in [0.3, 0.4) is 0 Å². The zero-order valence-electron chi connectivity index (χ0n) is 16.0. The zero-order chi connectivity index (χ0) is 20.6. The number of aryl methyl sites for hydroxylation is 1. The maximum absolute atomic E-state index is 12.5. The summed E-state index contributed by atoms with van der Waals surface area (Å²) in [6.45, 7) is 3.19. The van der Waals surface area contributed by atoms with Gasteiger partial charge in [0.1, 0.15) is 12.4 Å². The van der Waals surface area contributed by atoms with Gasteiger partial charge in [-0.2, -0.15) is 10.5 Å². The summed E-state index contributed by atoms with van der Waals surface area (Å²) in [5, 5.41) is 31.2. The molecular weight excluding hydrogens is 354 g/mol. The molecule has 0 bridgehead atoms. The number of hydrogen-bond donors (Lipinski definition) is 2. The molecule has 0 aliphatic rings. The average Bonchev–Trinajstić information content (AvgIpc) is 2.71. The summed E-state index contributed by atoms with van der Waals surface area (Å²) < 4.78 is 5.48. The van der Waals surface area contributed by atoms with Gasteiger partial charge in [0.2, 0.25) is 0 Å². The number of amides is 1. The Kier molecular flexibility index (Phi) is 7.14. The first-order valence-electron chi connectivity index (χ1n) is 9.09. The van der Waals surface area contributed by atoms with Crippen molar-refractivity contribution in [3.05, 3.63) is 59.2 Å². The molecule has 0 saturated heterocycles. The quantitative estimate of drug-likeness (QED) is 0.732. The predicted molar refractivity (Wildman–Crippen MR) is 106 cm³/mol. The van der Waals surface area contributed by atoms with Crippen molar-refractivity contribution in [2.24, 2.45) is 0 Å². The number of benzene rings is 2. The summed E-state index contributed by atoms with van der Waals surface area (Å²) in [7, 11) is 0. The van der Waals surface area contributed by atoms with Crippen LogP contribution in [0, 0.1) is 22.7 Å². The van der Waals surface area contributed by atoms with E-state index >= 15 is 0 Å². The lowest BCUT2D eigenvalue weighted by molar-refractivity contribution is -0.135. The predicted octanol–water partition coefficient (Wildman–Crippen LogP) is 3.54. The van der Waals surface area contributed by atoms with E-state index in [9.17, 15) is 15.2 Å². The van der Waals surface area contributed by atoms with E-state index in [0.717, 1.165) is 24.8 Å². The van der Waals surface area contributed by atoms with Gasteiger partial charge in [0.15, 0.2) is 5.60 Å². The van der Waals surface area contributed by atoms with Gasteiger partial charge >= 0.3 is 0 Å². The Morgan fingerprint density at radius 2 is 1.89 bits per heavy atom. The third kappa shape index (κ3) is 5.57. The molecule has 0 fully saturated rings. The minimum absolute atomic E-state index is 0.246. The van der Waals surface area contributed by atoms with Crippen LogP contribution in [0.25, 0.3) is 0 Å². The van der Waals surface area contributed by atoms with E-state index in [4.69, 9.17) is 10.00 Å². The highest BCUT2D eigenvalue weighted by Crippen LogP contribution is 2.20. The molecule has 2 N–H and O–H groups in total. The van der Waals surface area contributed by atoms with E-state index in [-0.39, 0.29) is 6.61 Å². The molecule has 0 radical (unpaired) electrons. The van der Waals surface area contributed by atoms with Crippen molar-refractivity contribution in [3.63, 3.8) is 0 Å². The number of nitrogens with zero attached hydrogens (tertiary/aromatic N) is 2. The SMILES string of the molecule is CCCCc1cc(NC(=O)[C@@](C)(O)COc2ccc(C#N)cc2)ccc1C#N.